The van der Waals surface area contributed by atoms with Gasteiger partial charge in [-0.1, -0.05) is 18.2 Å². The summed E-state index contributed by atoms with van der Waals surface area (Å²) in [6.07, 6.45) is 0.760. The van der Waals surface area contributed by atoms with Crippen LogP contribution < -0.4 is 14.8 Å². The summed E-state index contributed by atoms with van der Waals surface area (Å²) in [5.74, 6) is 0.279. The lowest BCUT2D eigenvalue weighted by molar-refractivity contribution is -0.139. The van der Waals surface area contributed by atoms with Gasteiger partial charge in [0.25, 0.3) is 5.91 Å². The molecule has 1 fully saturated rings. The molecule has 3 heterocycles. The summed E-state index contributed by atoms with van der Waals surface area (Å²) in [4.78, 5) is 46.4. The van der Waals surface area contributed by atoms with Crippen molar-refractivity contribution in [3.8, 4) is 11.5 Å². The minimum Gasteiger partial charge on any atom is -0.490 e. The topological polar surface area (TPSA) is 101 Å². The molecule has 0 saturated carbocycles. The van der Waals surface area contributed by atoms with Gasteiger partial charge in [-0.3, -0.25) is 14.5 Å². The molecule has 9 nitrogen and oxygen atoms in total. The number of thiazole rings is 1. The number of carbonyl (C=O) groups excluding carboxylic acids is 3. The third kappa shape index (κ3) is 4.07. The van der Waals surface area contributed by atoms with Crippen molar-refractivity contribution < 1.29 is 23.9 Å². The number of aromatic nitrogens is 1. The highest BCUT2D eigenvalue weighted by Gasteiger charge is 2.50. The van der Waals surface area contributed by atoms with Gasteiger partial charge >= 0.3 is 6.03 Å². The number of ether oxygens (including phenoxy) is 2. The van der Waals surface area contributed by atoms with Crippen LogP contribution in [0.25, 0.3) is 10.2 Å². The molecule has 1 N–H and O–H groups in total. The molecule has 5 rings (SSSR count). The summed E-state index contributed by atoms with van der Waals surface area (Å²) >= 11 is 1.52. The Morgan fingerprint density at radius 1 is 1.20 bits per heavy atom. The van der Waals surface area contributed by atoms with Crippen LogP contribution >= 0.6 is 11.3 Å². The van der Waals surface area contributed by atoms with E-state index in [2.05, 4.69) is 10.3 Å². The smallest absolute Gasteiger partial charge is 0.325 e. The number of hydrogen-bond donors (Lipinski definition) is 1. The number of nitrogens with zero attached hydrogens (tertiary/aromatic N) is 3. The maximum atomic E-state index is 13.4. The highest BCUT2D eigenvalue weighted by Crippen LogP contribution is 2.37. The molecular weight excluding hydrogens is 468 g/mol. The molecule has 0 bridgehead atoms. The molecule has 0 radical (unpaired) electrons. The van der Waals surface area contributed by atoms with Crippen LogP contribution in [0.2, 0.25) is 0 Å². The molecule has 1 aromatic heterocycles. The number of amides is 4. The Balaban J connectivity index is 1.32. The first kappa shape index (κ1) is 23.1. The van der Waals surface area contributed by atoms with E-state index in [1.54, 1.807) is 32.2 Å². The Bertz CT molecular complexity index is 1290. The normalized spacial score (nSPS) is 20.5. The Labute approximate surface area is 206 Å². The van der Waals surface area contributed by atoms with Crippen molar-refractivity contribution in [2.75, 3.05) is 26.8 Å². The van der Waals surface area contributed by atoms with Crippen molar-refractivity contribution in [3.05, 3.63) is 53.0 Å². The lowest BCUT2D eigenvalue weighted by Gasteiger charge is -2.26. The van der Waals surface area contributed by atoms with E-state index in [0.29, 0.717) is 30.3 Å². The molecule has 4 amide bonds. The van der Waals surface area contributed by atoms with Crippen molar-refractivity contribution in [3.63, 3.8) is 0 Å². The number of rotatable bonds is 5. The highest BCUT2D eigenvalue weighted by atomic mass is 32.1. The van der Waals surface area contributed by atoms with Crippen LogP contribution in [0.15, 0.2) is 42.5 Å². The van der Waals surface area contributed by atoms with Crippen molar-refractivity contribution in [1.82, 2.24) is 20.1 Å². The molecular formula is C25H26N4O5S. The number of hydrogen-bond acceptors (Lipinski definition) is 7. The second kappa shape index (κ2) is 8.84. The zero-order valence-corrected chi connectivity index (χ0v) is 20.6. The second-order valence-corrected chi connectivity index (χ2v) is 9.92. The van der Waals surface area contributed by atoms with Gasteiger partial charge in [-0.25, -0.2) is 9.78 Å². The third-order valence-corrected chi connectivity index (χ3v) is 7.74. The number of carbonyl (C=O) groups is 3. The third-order valence-electron chi connectivity index (χ3n) is 6.54. The summed E-state index contributed by atoms with van der Waals surface area (Å²) < 4.78 is 12.4. The van der Waals surface area contributed by atoms with Gasteiger partial charge in [0.1, 0.15) is 17.1 Å². The van der Waals surface area contributed by atoms with E-state index in [1.165, 1.54) is 16.2 Å². The van der Waals surface area contributed by atoms with Crippen LogP contribution in [0, 0.1) is 0 Å². The molecule has 0 aliphatic carbocycles. The van der Waals surface area contributed by atoms with Gasteiger partial charge in [0, 0.05) is 13.5 Å². The predicted molar refractivity (Wildman–Crippen MR) is 130 cm³/mol. The van der Waals surface area contributed by atoms with Crippen LogP contribution in [0.4, 0.5) is 4.79 Å². The maximum absolute atomic E-state index is 13.4. The first-order chi connectivity index (χ1) is 16.8. The molecule has 182 valence electrons. The molecule has 2 aliphatic heterocycles. The van der Waals surface area contributed by atoms with Gasteiger partial charge < -0.3 is 19.7 Å². The van der Waals surface area contributed by atoms with E-state index < -0.39 is 17.5 Å². The standard InChI is InChI=1S/C25H26N4O5S/c1-15(22-26-17-7-4-5-8-20(17)35-22)28(3)21(30)14-29-23(31)25(2,27-24(29)32)16-9-10-18-19(13-16)34-12-6-11-33-18/h4-5,7-10,13,15H,6,11-12,14H2,1-3H3,(H,27,32)/t15-,25+/m0/s1. The average molecular weight is 495 g/mol. The maximum Gasteiger partial charge on any atom is 0.325 e. The summed E-state index contributed by atoms with van der Waals surface area (Å²) in [5.41, 5.74) is 0.116. The zero-order valence-electron chi connectivity index (χ0n) is 19.7. The summed E-state index contributed by atoms with van der Waals surface area (Å²) in [6.45, 7) is 4.20. The lowest BCUT2D eigenvalue weighted by atomic mass is 9.91. The van der Waals surface area contributed by atoms with Crippen LogP contribution in [-0.2, 0) is 15.1 Å². The highest BCUT2D eigenvalue weighted by molar-refractivity contribution is 7.18. The minimum atomic E-state index is -1.32. The second-order valence-electron chi connectivity index (χ2n) is 8.86. The minimum absolute atomic E-state index is 0.311. The van der Waals surface area contributed by atoms with E-state index in [-0.39, 0.29) is 18.5 Å². The molecule has 2 atom stereocenters. The van der Waals surface area contributed by atoms with Crippen LogP contribution in [0.5, 0.6) is 11.5 Å². The monoisotopic (exact) mass is 494 g/mol. The predicted octanol–water partition coefficient (Wildman–Crippen LogP) is 3.44. The van der Waals surface area contributed by atoms with Crippen molar-refractivity contribution >= 4 is 39.4 Å². The average Bonchev–Trinajstić information content (AvgIpc) is 3.27. The molecule has 0 spiro atoms. The lowest BCUT2D eigenvalue weighted by Crippen LogP contribution is -2.44. The first-order valence-electron chi connectivity index (χ1n) is 11.4. The van der Waals surface area contributed by atoms with E-state index in [1.807, 2.05) is 31.2 Å². The quantitative estimate of drug-likeness (QED) is 0.546. The van der Waals surface area contributed by atoms with Gasteiger partial charge in [0.2, 0.25) is 5.91 Å². The summed E-state index contributed by atoms with van der Waals surface area (Å²) in [5, 5.41) is 3.54. The largest absolute Gasteiger partial charge is 0.490 e. The molecule has 2 aromatic carbocycles. The molecule has 10 heteroatoms. The van der Waals surface area contributed by atoms with E-state index >= 15 is 0 Å². The van der Waals surface area contributed by atoms with Crippen LogP contribution in [0.1, 0.15) is 36.9 Å². The number of nitrogens with one attached hydrogen (secondary N) is 1. The fourth-order valence-corrected chi connectivity index (χ4v) is 5.27. The fourth-order valence-electron chi connectivity index (χ4n) is 4.21. The van der Waals surface area contributed by atoms with Gasteiger partial charge in [-0.15, -0.1) is 11.3 Å². The Morgan fingerprint density at radius 3 is 2.71 bits per heavy atom. The summed E-state index contributed by atoms with van der Waals surface area (Å²) in [7, 11) is 1.65. The molecule has 0 unspecified atom stereocenters. The van der Waals surface area contributed by atoms with Gasteiger partial charge in [0.05, 0.1) is 29.5 Å². The number of benzene rings is 2. The Hall–Kier alpha value is -3.66. The number of likely N-dealkylation sites (N-methyl/N-ethyl adjacent to an activating group) is 1. The zero-order chi connectivity index (χ0) is 24.7. The SMILES string of the molecule is C[C@@H](c1nc2ccccc2s1)N(C)C(=O)CN1C(=O)N[C@](C)(c2ccc3c(c2)OCCCO3)C1=O. The molecule has 3 aromatic rings. The van der Waals surface area contributed by atoms with Crippen molar-refractivity contribution in [2.24, 2.45) is 0 Å². The van der Waals surface area contributed by atoms with Crippen LogP contribution in [0.3, 0.4) is 0 Å². The van der Waals surface area contributed by atoms with E-state index in [4.69, 9.17) is 9.47 Å². The fraction of sp³-hybridized carbons (Fsp3) is 0.360. The van der Waals surface area contributed by atoms with Gasteiger partial charge in [-0.2, -0.15) is 0 Å². The van der Waals surface area contributed by atoms with Gasteiger partial charge in [0.15, 0.2) is 11.5 Å². The van der Waals surface area contributed by atoms with E-state index in [9.17, 15) is 14.4 Å². The summed E-state index contributed by atoms with van der Waals surface area (Å²) in [6, 6.07) is 12.0. The van der Waals surface area contributed by atoms with Crippen molar-refractivity contribution in [1.29, 1.82) is 0 Å². The number of para-hydroxylation sites is 1. The number of fused-ring (bicyclic) bond motifs is 2. The Kier molecular flexibility index (Phi) is 5.84. The molecule has 1 saturated heterocycles. The Morgan fingerprint density at radius 2 is 1.94 bits per heavy atom. The number of imide groups is 1. The van der Waals surface area contributed by atoms with Crippen LogP contribution in [-0.4, -0.2) is 59.4 Å². The molecule has 35 heavy (non-hydrogen) atoms. The van der Waals surface area contributed by atoms with Gasteiger partial charge in [-0.05, 0) is 43.7 Å². The first-order valence-corrected chi connectivity index (χ1v) is 12.2. The van der Waals surface area contributed by atoms with E-state index in [0.717, 1.165) is 26.5 Å². The molecule has 2 aliphatic rings. The van der Waals surface area contributed by atoms with Crippen molar-refractivity contribution in [2.45, 2.75) is 31.8 Å². The number of urea groups is 1.